The standard InChI is InChI=1S/C31H24Cl2N4O4S/c32-21-14-13-20(25(33)16-21)15-27(37-30(40)19-7-2-1-3-8-19)31(41)35-22-9-6-10-23(17-22)42-18-28(38)36-26-12-5-4-11-24(26)29(34)39/h1-17H,18H2,(H2,34,39)(H,35,41)(H,36,38)(H,37,40)/b27-15+. The number of nitrogens with two attached hydrogens (primary N) is 1. The molecule has 0 radical (unpaired) electrons. The first kappa shape index (κ1) is 30.4. The van der Waals surface area contributed by atoms with Crippen molar-refractivity contribution in [2.75, 3.05) is 16.4 Å². The summed E-state index contributed by atoms with van der Waals surface area (Å²) in [6, 6.07) is 26.6. The summed E-state index contributed by atoms with van der Waals surface area (Å²) in [5, 5.41) is 8.86. The van der Waals surface area contributed by atoms with Gasteiger partial charge in [-0.1, -0.05) is 65.7 Å². The monoisotopic (exact) mass is 618 g/mol. The van der Waals surface area contributed by atoms with Crippen molar-refractivity contribution in [1.29, 1.82) is 0 Å². The lowest BCUT2D eigenvalue weighted by Crippen LogP contribution is -2.30. The Hall–Kier alpha value is -4.57. The van der Waals surface area contributed by atoms with E-state index in [1.165, 1.54) is 30.0 Å². The van der Waals surface area contributed by atoms with Crippen LogP contribution in [0.1, 0.15) is 26.3 Å². The van der Waals surface area contributed by atoms with E-state index < -0.39 is 17.7 Å². The average Bonchev–Trinajstić information content (AvgIpc) is 2.97. The van der Waals surface area contributed by atoms with E-state index in [1.807, 2.05) is 0 Å². The number of carbonyl (C=O) groups is 4. The van der Waals surface area contributed by atoms with Crippen molar-refractivity contribution in [2.45, 2.75) is 4.90 Å². The Labute approximate surface area is 256 Å². The maximum atomic E-state index is 13.4. The second kappa shape index (κ2) is 14.4. The van der Waals surface area contributed by atoms with Crippen molar-refractivity contribution in [3.63, 3.8) is 0 Å². The zero-order valence-electron chi connectivity index (χ0n) is 21.9. The summed E-state index contributed by atoms with van der Waals surface area (Å²) in [5.74, 6) is -2.01. The van der Waals surface area contributed by atoms with Crippen LogP contribution in [0.3, 0.4) is 0 Å². The first-order valence-electron chi connectivity index (χ1n) is 12.5. The Bertz CT molecular complexity index is 1680. The van der Waals surface area contributed by atoms with Crippen molar-refractivity contribution in [2.24, 2.45) is 5.73 Å². The highest BCUT2D eigenvalue weighted by molar-refractivity contribution is 8.00. The Morgan fingerprint density at radius 3 is 2.29 bits per heavy atom. The number of anilines is 2. The van der Waals surface area contributed by atoms with E-state index in [4.69, 9.17) is 28.9 Å². The second-order valence-corrected chi connectivity index (χ2v) is 10.7. The van der Waals surface area contributed by atoms with Gasteiger partial charge in [0.2, 0.25) is 5.91 Å². The Morgan fingerprint density at radius 2 is 1.55 bits per heavy atom. The number of hydrogen-bond donors (Lipinski definition) is 4. The quantitative estimate of drug-likeness (QED) is 0.124. The van der Waals surface area contributed by atoms with Crippen LogP contribution in [0.15, 0.2) is 108 Å². The Kier molecular flexibility index (Phi) is 10.4. The highest BCUT2D eigenvalue weighted by atomic mass is 35.5. The second-order valence-electron chi connectivity index (χ2n) is 8.77. The van der Waals surface area contributed by atoms with Crippen LogP contribution in [-0.2, 0) is 9.59 Å². The molecule has 4 aromatic rings. The Balaban J connectivity index is 1.47. The fraction of sp³-hybridized carbons (Fsp3) is 0.0323. The highest BCUT2D eigenvalue weighted by Crippen LogP contribution is 2.25. The minimum absolute atomic E-state index is 0.0395. The van der Waals surface area contributed by atoms with E-state index in [9.17, 15) is 19.2 Å². The van der Waals surface area contributed by atoms with Crippen LogP contribution >= 0.6 is 35.0 Å². The molecular formula is C31H24Cl2N4O4S. The summed E-state index contributed by atoms with van der Waals surface area (Å²) in [4.78, 5) is 51.1. The fourth-order valence-corrected chi connectivity index (χ4v) is 4.94. The molecule has 4 aromatic carbocycles. The van der Waals surface area contributed by atoms with Gasteiger partial charge in [-0.15, -0.1) is 11.8 Å². The van der Waals surface area contributed by atoms with Gasteiger partial charge < -0.3 is 21.7 Å². The molecule has 8 nitrogen and oxygen atoms in total. The lowest BCUT2D eigenvalue weighted by atomic mass is 10.1. The molecule has 0 aromatic heterocycles. The van der Waals surface area contributed by atoms with Crippen molar-refractivity contribution < 1.29 is 19.2 Å². The lowest BCUT2D eigenvalue weighted by molar-refractivity contribution is -0.114. The maximum Gasteiger partial charge on any atom is 0.272 e. The number of para-hydroxylation sites is 1. The van der Waals surface area contributed by atoms with Crippen molar-refractivity contribution in [3.8, 4) is 0 Å². The van der Waals surface area contributed by atoms with Crippen molar-refractivity contribution in [3.05, 3.63) is 129 Å². The average molecular weight is 620 g/mol. The molecule has 0 aliphatic carbocycles. The summed E-state index contributed by atoms with van der Waals surface area (Å²) >= 11 is 13.6. The molecule has 0 aliphatic heterocycles. The molecule has 0 unspecified atom stereocenters. The number of carbonyl (C=O) groups excluding carboxylic acids is 4. The van der Waals surface area contributed by atoms with Crippen molar-refractivity contribution >= 4 is 76.0 Å². The zero-order valence-corrected chi connectivity index (χ0v) is 24.2. The van der Waals surface area contributed by atoms with Gasteiger partial charge in [-0.05, 0) is 66.2 Å². The van der Waals surface area contributed by atoms with Gasteiger partial charge >= 0.3 is 0 Å². The third kappa shape index (κ3) is 8.47. The lowest BCUT2D eigenvalue weighted by Gasteiger charge is -2.13. The molecule has 0 aliphatic rings. The van der Waals surface area contributed by atoms with Gasteiger partial charge in [0, 0.05) is 26.2 Å². The van der Waals surface area contributed by atoms with E-state index >= 15 is 0 Å². The SMILES string of the molecule is NC(=O)c1ccccc1NC(=O)CSc1cccc(NC(=O)/C(=C\c2ccc(Cl)cc2Cl)NC(=O)c2ccccc2)c1. The summed E-state index contributed by atoms with van der Waals surface area (Å²) < 4.78 is 0. The third-order valence-corrected chi connectivity index (χ3v) is 7.28. The van der Waals surface area contributed by atoms with Gasteiger partial charge in [-0.25, -0.2) is 0 Å². The molecule has 0 atom stereocenters. The topological polar surface area (TPSA) is 130 Å². The summed E-state index contributed by atoms with van der Waals surface area (Å²) in [5.41, 5.74) is 7.16. The van der Waals surface area contributed by atoms with Gasteiger partial charge in [0.25, 0.3) is 17.7 Å². The molecule has 0 saturated heterocycles. The molecule has 4 amide bonds. The largest absolute Gasteiger partial charge is 0.366 e. The molecule has 0 heterocycles. The Morgan fingerprint density at radius 1 is 0.810 bits per heavy atom. The molecule has 0 spiro atoms. The van der Waals surface area contributed by atoms with Gasteiger partial charge in [-0.3, -0.25) is 19.2 Å². The molecule has 0 saturated carbocycles. The molecule has 0 bridgehead atoms. The first-order valence-corrected chi connectivity index (χ1v) is 14.2. The van der Waals surface area contributed by atoms with Crippen LogP contribution in [0.5, 0.6) is 0 Å². The number of hydrogen-bond acceptors (Lipinski definition) is 5. The number of nitrogens with one attached hydrogen (secondary N) is 3. The molecule has 5 N–H and O–H groups in total. The minimum atomic E-state index is -0.645. The fourth-order valence-electron chi connectivity index (χ4n) is 3.72. The first-order chi connectivity index (χ1) is 20.2. The van der Waals surface area contributed by atoms with Crippen LogP contribution in [-0.4, -0.2) is 29.4 Å². The maximum absolute atomic E-state index is 13.4. The molecule has 0 fully saturated rings. The van der Waals surface area contributed by atoms with Crippen LogP contribution < -0.4 is 21.7 Å². The molecular weight excluding hydrogens is 595 g/mol. The van der Waals surface area contributed by atoms with E-state index in [-0.39, 0.29) is 22.9 Å². The molecule has 42 heavy (non-hydrogen) atoms. The number of benzene rings is 4. The van der Waals surface area contributed by atoms with Crippen LogP contribution in [0.25, 0.3) is 6.08 Å². The number of amides is 4. The zero-order chi connectivity index (χ0) is 30.1. The third-order valence-electron chi connectivity index (χ3n) is 5.72. The molecule has 11 heteroatoms. The van der Waals surface area contributed by atoms with E-state index in [1.54, 1.807) is 84.9 Å². The van der Waals surface area contributed by atoms with Gasteiger partial charge in [0.05, 0.1) is 17.0 Å². The van der Waals surface area contributed by atoms with Gasteiger partial charge in [0.1, 0.15) is 5.70 Å². The molecule has 212 valence electrons. The number of thioether (sulfide) groups is 1. The predicted molar refractivity (Wildman–Crippen MR) is 168 cm³/mol. The summed E-state index contributed by atoms with van der Waals surface area (Å²) in [6.07, 6.45) is 1.46. The van der Waals surface area contributed by atoms with Crippen molar-refractivity contribution in [1.82, 2.24) is 5.32 Å². The molecule has 4 rings (SSSR count). The number of primary amides is 1. The normalized spacial score (nSPS) is 11.0. The number of rotatable bonds is 10. The van der Waals surface area contributed by atoms with E-state index in [0.717, 1.165) is 0 Å². The van der Waals surface area contributed by atoms with Crippen LogP contribution in [0, 0.1) is 0 Å². The summed E-state index contributed by atoms with van der Waals surface area (Å²) in [7, 11) is 0. The van der Waals surface area contributed by atoms with Gasteiger partial charge in [0.15, 0.2) is 0 Å². The number of halogens is 2. The highest BCUT2D eigenvalue weighted by Gasteiger charge is 2.17. The van der Waals surface area contributed by atoms with Gasteiger partial charge in [-0.2, -0.15) is 0 Å². The summed E-state index contributed by atoms with van der Waals surface area (Å²) in [6.45, 7) is 0. The van der Waals surface area contributed by atoms with Crippen LogP contribution in [0.2, 0.25) is 10.0 Å². The van der Waals surface area contributed by atoms with Crippen LogP contribution in [0.4, 0.5) is 11.4 Å². The predicted octanol–water partition coefficient (Wildman–Crippen LogP) is 6.23. The van der Waals surface area contributed by atoms with E-state index in [0.29, 0.717) is 37.4 Å². The smallest absolute Gasteiger partial charge is 0.272 e. The minimum Gasteiger partial charge on any atom is -0.366 e. The van der Waals surface area contributed by atoms with E-state index in [2.05, 4.69) is 16.0 Å².